The maximum absolute atomic E-state index is 4.27. The van der Waals surface area contributed by atoms with Crippen molar-refractivity contribution in [1.82, 2.24) is 10.6 Å². The Morgan fingerprint density at radius 3 is 2.68 bits per heavy atom. The van der Waals surface area contributed by atoms with Crippen LogP contribution in [-0.2, 0) is 0 Å². The molecular formula is C15H23N3S. The number of rotatable bonds is 5. The number of hydrogen-bond donors (Lipinski definition) is 2. The summed E-state index contributed by atoms with van der Waals surface area (Å²) < 4.78 is 0. The molecule has 1 aromatic carbocycles. The second kappa shape index (κ2) is 6.85. The lowest BCUT2D eigenvalue weighted by molar-refractivity contribution is 0.756. The molecule has 3 atom stereocenters. The van der Waals surface area contributed by atoms with Gasteiger partial charge in [0.1, 0.15) is 0 Å². The lowest BCUT2D eigenvalue weighted by Gasteiger charge is -2.15. The molecular weight excluding hydrogens is 254 g/mol. The first-order valence-corrected chi connectivity index (χ1v) is 7.76. The van der Waals surface area contributed by atoms with E-state index >= 15 is 0 Å². The van der Waals surface area contributed by atoms with Crippen LogP contribution in [0, 0.1) is 5.92 Å². The first-order valence-electron chi connectivity index (χ1n) is 6.88. The molecule has 1 aromatic rings. The molecule has 0 heterocycles. The van der Waals surface area contributed by atoms with E-state index in [0.29, 0.717) is 11.3 Å². The van der Waals surface area contributed by atoms with Crippen LogP contribution in [0.4, 0.5) is 0 Å². The van der Waals surface area contributed by atoms with Gasteiger partial charge in [-0.1, -0.05) is 32.0 Å². The van der Waals surface area contributed by atoms with E-state index < -0.39 is 0 Å². The Hall–Kier alpha value is -1.16. The minimum atomic E-state index is 0.512. The average Bonchev–Trinajstić information content (AvgIpc) is 3.11. The highest BCUT2D eigenvalue weighted by atomic mass is 32.2. The fraction of sp³-hybridized carbons (Fsp3) is 0.533. The second-order valence-electron chi connectivity index (χ2n) is 5.16. The number of nitrogens with zero attached hydrogens (tertiary/aromatic N) is 1. The van der Waals surface area contributed by atoms with E-state index in [1.165, 1.54) is 11.3 Å². The summed E-state index contributed by atoms with van der Waals surface area (Å²) in [7, 11) is 1.83. The summed E-state index contributed by atoms with van der Waals surface area (Å²) in [5, 5.41) is 7.35. The molecule has 3 nitrogen and oxygen atoms in total. The SMILES string of the molecule is CN=C(NCC(C)Sc1ccccc1)NC1CC1C. The number of aliphatic imine (C=N–C) groups is 1. The van der Waals surface area contributed by atoms with E-state index in [1.54, 1.807) is 0 Å². The van der Waals surface area contributed by atoms with Gasteiger partial charge in [0.15, 0.2) is 5.96 Å². The van der Waals surface area contributed by atoms with E-state index in [1.807, 2.05) is 18.8 Å². The third-order valence-electron chi connectivity index (χ3n) is 3.29. The standard InChI is InChI=1S/C15H23N3S/c1-11-9-14(11)18-15(16-3)17-10-12(2)19-13-7-5-4-6-8-13/h4-8,11-12,14H,9-10H2,1-3H3,(H2,16,17,18). The zero-order valence-corrected chi connectivity index (χ0v) is 12.7. The van der Waals surface area contributed by atoms with E-state index in [-0.39, 0.29) is 0 Å². The summed E-state index contributed by atoms with van der Waals surface area (Å²) in [6, 6.07) is 11.1. The molecule has 0 radical (unpaired) electrons. The topological polar surface area (TPSA) is 36.4 Å². The van der Waals surface area contributed by atoms with E-state index in [0.717, 1.165) is 18.4 Å². The Balaban J connectivity index is 1.71. The van der Waals surface area contributed by atoms with Crippen molar-refractivity contribution in [3.8, 4) is 0 Å². The molecule has 3 unspecified atom stereocenters. The molecule has 1 aliphatic carbocycles. The number of hydrogen-bond acceptors (Lipinski definition) is 2. The van der Waals surface area contributed by atoms with Gasteiger partial charge < -0.3 is 10.6 Å². The molecule has 104 valence electrons. The van der Waals surface area contributed by atoms with Crippen LogP contribution in [0.15, 0.2) is 40.2 Å². The van der Waals surface area contributed by atoms with E-state index in [2.05, 4.69) is 59.8 Å². The predicted molar refractivity (Wildman–Crippen MR) is 83.8 cm³/mol. The van der Waals surface area contributed by atoms with E-state index in [9.17, 15) is 0 Å². The fourth-order valence-corrected chi connectivity index (χ4v) is 2.85. The van der Waals surface area contributed by atoms with Crippen LogP contribution in [0.5, 0.6) is 0 Å². The molecule has 0 amide bonds. The van der Waals surface area contributed by atoms with Gasteiger partial charge in [-0.15, -0.1) is 11.8 Å². The Kier molecular flexibility index (Phi) is 5.14. The third kappa shape index (κ3) is 4.78. The van der Waals surface area contributed by atoms with Gasteiger partial charge in [0, 0.05) is 29.8 Å². The fourth-order valence-electron chi connectivity index (χ4n) is 1.91. The zero-order valence-electron chi connectivity index (χ0n) is 11.9. The number of thioether (sulfide) groups is 1. The van der Waals surface area contributed by atoms with Crippen LogP contribution in [0.3, 0.4) is 0 Å². The number of benzene rings is 1. The second-order valence-corrected chi connectivity index (χ2v) is 6.67. The van der Waals surface area contributed by atoms with Crippen molar-refractivity contribution in [2.75, 3.05) is 13.6 Å². The summed E-state index contributed by atoms with van der Waals surface area (Å²) in [6.45, 7) is 5.41. The monoisotopic (exact) mass is 277 g/mol. The van der Waals surface area contributed by atoms with Gasteiger partial charge in [-0.3, -0.25) is 4.99 Å². The number of guanidine groups is 1. The molecule has 0 spiro atoms. The maximum Gasteiger partial charge on any atom is 0.191 e. The van der Waals surface area contributed by atoms with Gasteiger partial charge in [0.25, 0.3) is 0 Å². The highest BCUT2D eigenvalue weighted by molar-refractivity contribution is 8.00. The molecule has 1 fully saturated rings. The van der Waals surface area contributed by atoms with Gasteiger partial charge in [0.05, 0.1) is 0 Å². The molecule has 1 saturated carbocycles. The Morgan fingerprint density at radius 1 is 1.42 bits per heavy atom. The zero-order chi connectivity index (χ0) is 13.7. The molecule has 0 aliphatic heterocycles. The van der Waals surface area contributed by atoms with Gasteiger partial charge in [-0.25, -0.2) is 0 Å². The van der Waals surface area contributed by atoms with Crippen molar-refractivity contribution in [2.45, 2.75) is 36.5 Å². The Labute approximate surface area is 120 Å². The van der Waals surface area contributed by atoms with Crippen molar-refractivity contribution < 1.29 is 0 Å². The molecule has 1 aliphatic rings. The summed E-state index contributed by atoms with van der Waals surface area (Å²) in [5.74, 6) is 1.71. The van der Waals surface area contributed by atoms with Gasteiger partial charge >= 0.3 is 0 Å². The largest absolute Gasteiger partial charge is 0.355 e. The molecule has 4 heteroatoms. The molecule has 0 aromatic heterocycles. The van der Waals surface area contributed by atoms with Crippen LogP contribution in [0.25, 0.3) is 0 Å². The minimum Gasteiger partial charge on any atom is -0.355 e. The van der Waals surface area contributed by atoms with Crippen LogP contribution >= 0.6 is 11.8 Å². The van der Waals surface area contributed by atoms with Crippen molar-refractivity contribution in [2.24, 2.45) is 10.9 Å². The van der Waals surface area contributed by atoms with Crippen molar-refractivity contribution >= 4 is 17.7 Å². The minimum absolute atomic E-state index is 0.512. The Bertz CT molecular complexity index is 419. The summed E-state index contributed by atoms with van der Waals surface area (Å²) >= 11 is 1.89. The lowest BCUT2D eigenvalue weighted by atomic mass is 10.4. The highest BCUT2D eigenvalue weighted by Crippen LogP contribution is 2.28. The lowest BCUT2D eigenvalue weighted by Crippen LogP contribution is -2.41. The van der Waals surface area contributed by atoms with Gasteiger partial charge in [0.2, 0.25) is 0 Å². The van der Waals surface area contributed by atoms with Gasteiger partial charge in [-0.05, 0) is 24.5 Å². The summed E-state index contributed by atoms with van der Waals surface area (Å²) in [6.07, 6.45) is 1.26. The van der Waals surface area contributed by atoms with Crippen molar-refractivity contribution in [1.29, 1.82) is 0 Å². The molecule has 0 saturated heterocycles. The first kappa shape index (κ1) is 14.3. The van der Waals surface area contributed by atoms with Crippen LogP contribution in [0.1, 0.15) is 20.3 Å². The molecule has 2 rings (SSSR count). The van der Waals surface area contributed by atoms with Crippen LogP contribution < -0.4 is 10.6 Å². The highest BCUT2D eigenvalue weighted by Gasteiger charge is 2.33. The van der Waals surface area contributed by atoms with Crippen LogP contribution in [-0.4, -0.2) is 30.8 Å². The first-order chi connectivity index (χ1) is 9.19. The molecule has 2 N–H and O–H groups in total. The Morgan fingerprint density at radius 2 is 2.11 bits per heavy atom. The van der Waals surface area contributed by atoms with Crippen molar-refractivity contribution in [3.05, 3.63) is 30.3 Å². The smallest absolute Gasteiger partial charge is 0.191 e. The third-order valence-corrected chi connectivity index (χ3v) is 4.41. The average molecular weight is 277 g/mol. The summed E-state index contributed by atoms with van der Waals surface area (Å²) in [5.41, 5.74) is 0. The predicted octanol–water partition coefficient (Wildman–Crippen LogP) is 2.74. The molecule has 0 bridgehead atoms. The van der Waals surface area contributed by atoms with Crippen molar-refractivity contribution in [3.63, 3.8) is 0 Å². The normalized spacial score (nSPS) is 23.8. The molecule has 19 heavy (non-hydrogen) atoms. The summed E-state index contributed by atoms with van der Waals surface area (Å²) in [4.78, 5) is 5.58. The van der Waals surface area contributed by atoms with Gasteiger partial charge in [-0.2, -0.15) is 0 Å². The number of nitrogens with one attached hydrogen (secondary N) is 2. The quantitative estimate of drug-likeness (QED) is 0.493. The van der Waals surface area contributed by atoms with E-state index in [4.69, 9.17) is 0 Å². The van der Waals surface area contributed by atoms with Crippen LogP contribution in [0.2, 0.25) is 0 Å². The maximum atomic E-state index is 4.27.